The summed E-state index contributed by atoms with van der Waals surface area (Å²) in [5, 5.41) is 2.95. The molecule has 1 saturated heterocycles. The van der Waals surface area contributed by atoms with Gasteiger partial charge < -0.3 is 20.5 Å². The van der Waals surface area contributed by atoms with E-state index < -0.39 is 5.91 Å². The summed E-state index contributed by atoms with van der Waals surface area (Å²) in [5.41, 5.74) is 5.49. The van der Waals surface area contributed by atoms with E-state index in [0.29, 0.717) is 17.9 Å². The number of benzene rings is 1. The third kappa shape index (κ3) is 5.44. The zero-order chi connectivity index (χ0) is 18.3. The minimum atomic E-state index is -0.494. The number of ether oxygens (including phenoxy) is 2. The van der Waals surface area contributed by atoms with Gasteiger partial charge in [-0.25, -0.2) is 0 Å². The molecule has 0 saturated carbocycles. The summed E-state index contributed by atoms with van der Waals surface area (Å²) in [7, 11) is 0. The van der Waals surface area contributed by atoms with E-state index in [9.17, 15) is 9.59 Å². The second-order valence-electron chi connectivity index (χ2n) is 6.40. The third-order valence-electron chi connectivity index (χ3n) is 4.71. The van der Waals surface area contributed by atoms with Crippen molar-refractivity contribution in [2.75, 3.05) is 39.5 Å². The van der Waals surface area contributed by atoms with Crippen molar-refractivity contribution in [1.29, 1.82) is 0 Å². The van der Waals surface area contributed by atoms with E-state index in [-0.39, 0.29) is 18.1 Å². The van der Waals surface area contributed by atoms with E-state index in [1.165, 1.54) is 0 Å². The first kappa shape index (κ1) is 19.2. The van der Waals surface area contributed by atoms with Gasteiger partial charge in [-0.05, 0) is 37.6 Å². The summed E-state index contributed by atoms with van der Waals surface area (Å²) in [4.78, 5) is 25.5. The molecule has 0 unspecified atom stereocenters. The second kappa shape index (κ2) is 8.82. The lowest BCUT2D eigenvalue weighted by molar-refractivity contribution is -0.124. The van der Waals surface area contributed by atoms with Crippen LogP contribution in [0.25, 0.3) is 0 Å². The van der Waals surface area contributed by atoms with Crippen LogP contribution < -0.4 is 15.8 Å². The summed E-state index contributed by atoms with van der Waals surface area (Å²) in [5.74, 6) is -0.148. The van der Waals surface area contributed by atoms with E-state index in [2.05, 4.69) is 24.1 Å². The van der Waals surface area contributed by atoms with Gasteiger partial charge in [-0.3, -0.25) is 14.5 Å². The minimum Gasteiger partial charge on any atom is -0.484 e. The van der Waals surface area contributed by atoms with Crippen molar-refractivity contribution in [3.8, 4) is 5.75 Å². The van der Waals surface area contributed by atoms with Gasteiger partial charge in [0.2, 0.25) is 5.91 Å². The Bertz CT molecular complexity index is 584. The molecule has 3 N–H and O–H groups in total. The van der Waals surface area contributed by atoms with Crippen LogP contribution in [0.15, 0.2) is 24.3 Å². The highest BCUT2D eigenvalue weighted by Crippen LogP contribution is 2.20. The van der Waals surface area contributed by atoms with Crippen LogP contribution in [0.3, 0.4) is 0 Å². The predicted octanol–water partition coefficient (Wildman–Crippen LogP) is 0.781. The standard InChI is InChI=1S/C18H27N3O4/c1-3-18(2,21-8-10-24-11-9-21)13-20-16(22)12-25-15-6-4-14(5-7-15)17(19)23/h4-7H,3,8-13H2,1-2H3,(H2,19,23)(H,20,22)/t18-/m1/s1. The number of primary amides is 1. The Hall–Kier alpha value is -2.12. The number of carbonyl (C=O) groups excluding carboxylic acids is 2. The van der Waals surface area contributed by atoms with Crippen LogP contribution in [0.2, 0.25) is 0 Å². The smallest absolute Gasteiger partial charge is 0.258 e. The topological polar surface area (TPSA) is 93.9 Å². The molecule has 0 radical (unpaired) electrons. The summed E-state index contributed by atoms with van der Waals surface area (Å²) in [6, 6.07) is 6.39. The van der Waals surface area contributed by atoms with Gasteiger partial charge in [0.1, 0.15) is 5.75 Å². The van der Waals surface area contributed by atoms with Gasteiger partial charge in [-0.2, -0.15) is 0 Å². The molecule has 25 heavy (non-hydrogen) atoms. The Balaban J connectivity index is 1.79. The molecule has 2 rings (SSSR count). The van der Waals surface area contributed by atoms with Gasteiger partial charge in [-0.1, -0.05) is 6.92 Å². The van der Waals surface area contributed by atoms with Crippen LogP contribution in [0, 0.1) is 0 Å². The molecule has 138 valence electrons. The van der Waals surface area contributed by atoms with Crippen LogP contribution in [0.1, 0.15) is 30.6 Å². The van der Waals surface area contributed by atoms with Crippen molar-refractivity contribution in [2.45, 2.75) is 25.8 Å². The fraction of sp³-hybridized carbons (Fsp3) is 0.556. The zero-order valence-corrected chi connectivity index (χ0v) is 14.9. The first-order chi connectivity index (χ1) is 11.9. The number of hydrogen-bond acceptors (Lipinski definition) is 5. The van der Waals surface area contributed by atoms with E-state index in [1.807, 2.05) is 0 Å². The molecule has 1 aromatic carbocycles. The Kier molecular flexibility index (Phi) is 6.78. The van der Waals surface area contributed by atoms with E-state index >= 15 is 0 Å². The van der Waals surface area contributed by atoms with Gasteiger partial charge in [0.05, 0.1) is 13.2 Å². The Morgan fingerprint density at radius 1 is 1.28 bits per heavy atom. The Morgan fingerprint density at radius 3 is 2.48 bits per heavy atom. The lowest BCUT2D eigenvalue weighted by Crippen LogP contribution is -2.57. The number of rotatable bonds is 8. The van der Waals surface area contributed by atoms with Crippen LogP contribution in [-0.4, -0.2) is 61.7 Å². The average molecular weight is 349 g/mol. The number of hydrogen-bond donors (Lipinski definition) is 2. The molecule has 7 nitrogen and oxygen atoms in total. The van der Waals surface area contributed by atoms with E-state index in [0.717, 1.165) is 32.7 Å². The molecular formula is C18H27N3O4. The molecule has 1 aromatic rings. The summed E-state index contributed by atoms with van der Waals surface area (Å²) in [6.07, 6.45) is 0.933. The van der Waals surface area contributed by atoms with Crippen LogP contribution in [0.4, 0.5) is 0 Å². The average Bonchev–Trinajstić information content (AvgIpc) is 2.65. The molecular weight excluding hydrogens is 322 g/mol. The summed E-state index contributed by atoms with van der Waals surface area (Å²) < 4.78 is 10.8. The van der Waals surface area contributed by atoms with Crippen molar-refractivity contribution in [1.82, 2.24) is 10.2 Å². The number of amides is 2. The maximum Gasteiger partial charge on any atom is 0.258 e. The summed E-state index contributed by atoms with van der Waals surface area (Å²) in [6.45, 7) is 7.99. The molecule has 0 aromatic heterocycles. The quantitative estimate of drug-likeness (QED) is 0.723. The lowest BCUT2D eigenvalue weighted by atomic mass is 9.95. The van der Waals surface area contributed by atoms with Gasteiger partial charge in [0, 0.05) is 30.7 Å². The fourth-order valence-corrected chi connectivity index (χ4v) is 2.77. The third-order valence-corrected chi connectivity index (χ3v) is 4.71. The molecule has 2 amide bonds. The lowest BCUT2D eigenvalue weighted by Gasteiger charge is -2.43. The second-order valence-corrected chi connectivity index (χ2v) is 6.40. The first-order valence-electron chi connectivity index (χ1n) is 8.57. The summed E-state index contributed by atoms with van der Waals surface area (Å²) >= 11 is 0. The van der Waals surface area contributed by atoms with Crippen molar-refractivity contribution >= 4 is 11.8 Å². The van der Waals surface area contributed by atoms with Crippen LogP contribution in [-0.2, 0) is 9.53 Å². The number of morpholine rings is 1. The molecule has 1 heterocycles. The van der Waals surface area contributed by atoms with E-state index in [1.54, 1.807) is 24.3 Å². The van der Waals surface area contributed by atoms with Crippen molar-refractivity contribution in [2.24, 2.45) is 5.73 Å². The van der Waals surface area contributed by atoms with Gasteiger partial charge in [0.15, 0.2) is 6.61 Å². The molecule has 7 heteroatoms. The maximum atomic E-state index is 12.1. The number of carbonyl (C=O) groups is 2. The van der Waals surface area contributed by atoms with Crippen molar-refractivity contribution in [3.05, 3.63) is 29.8 Å². The largest absolute Gasteiger partial charge is 0.484 e. The zero-order valence-electron chi connectivity index (χ0n) is 14.9. The molecule has 1 aliphatic heterocycles. The van der Waals surface area contributed by atoms with Crippen LogP contribution >= 0.6 is 0 Å². The maximum absolute atomic E-state index is 12.1. The first-order valence-corrected chi connectivity index (χ1v) is 8.57. The Morgan fingerprint density at radius 2 is 1.92 bits per heavy atom. The highest BCUT2D eigenvalue weighted by Gasteiger charge is 2.31. The van der Waals surface area contributed by atoms with Gasteiger partial charge in [-0.15, -0.1) is 0 Å². The molecule has 1 aliphatic rings. The predicted molar refractivity (Wildman–Crippen MR) is 94.6 cm³/mol. The van der Waals surface area contributed by atoms with Gasteiger partial charge >= 0.3 is 0 Å². The highest BCUT2D eigenvalue weighted by atomic mass is 16.5. The molecule has 1 fully saturated rings. The number of nitrogens with two attached hydrogens (primary N) is 1. The molecule has 0 aliphatic carbocycles. The van der Waals surface area contributed by atoms with E-state index in [4.69, 9.17) is 15.2 Å². The Labute approximate surface area is 148 Å². The molecule has 0 spiro atoms. The number of nitrogens with one attached hydrogen (secondary N) is 1. The minimum absolute atomic E-state index is 0.0706. The molecule has 1 atom stereocenters. The van der Waals surface area contributed by atoms with Crippen molar-refractivity contribution in [3.63, 3.8) is 0 Å². The number of nitrogens with zero attached hydrogens (tertiary/aromatic N) is 1. The van der Waals surface area contributed by atoms with Crippen LogP contribution in [0.5, 0.6) is 5.75 Å². The van der Waals surface area contributed by atoms with Crippen molar-refractivity contribution < 1.29 is 19.1 Å². The van der Waals surface area contributed by atoms with Gasteiger partial charge in [0.25, 0.3) is 5.91 Å². The monoisotopic (exact) mass is 349 g/mol. The highest BCUT2D eigenvalue weighted by molar-refractivity contribution is 5.92. The normalized spacial score (nSPS) is 17.5. The molecule has 0 bridgehead atoms. The SMILES string of the molecule is CC[C@](C)(CNC(=O)COc1ccc(C(N)=O)cc1)N1CCOCC1. The fourth-order valence-electron chi connectivity index (χ4n) is 2.77.